The van der Waals surface area contributed by atoms with E-state index >= 15 is 0 Å². The molecule has 0 saturated carbocycles. The van der Waals surface area contributed by atoms with Crippen molar-refractivity contribution in [2.75, 3.05) is 12.4 Å². The number of carbonyl (C=O) groups is 3. The largest absolute Gasteiger partial charge is 0.453 e. The Morgan fingerprint density at radius 1 is 1.23 bits per heavy atom. The number of rotatable bonds is 11. The summed E-state index contributed by atoms with van der Waals surface area (Å²) < 4.78 is 35.4. The molecule has 0 radical (unpaired) electrons. The number of H-pyrrole nitrogens is 1. The number of allylic oxidation sites excluding steroid dienone is 1. The fraction of sp³-hybridized carbons (Fsp3) is 0.346. The summed E-state index contributed by atoms with van der Waals surface area (Å²) in [6.07, 6.45) is 3.52. The van der Waals surface area contributed by atoms with Gasteiger partial charge in [-0.1, -0.05) is 32.1 Å². The van der Waals surface area contributed by atoms with E-state index < -0.39 is 41.3 Å². The van der Waals surface area contributed by atoms with Crippen molar-refractivity contribution in [1.29, 1.82) is 0 Å². The molecule has 208 valence electrons. The second-order valence-electron chi connectivity index (χ2n) is 9.08. The number of anilines is 1. The minimum atomic E-state index is -3.10. The molecule has 1 atom stereocenters. The van der Waals surface area contributed by atoms with Crippen molar-refractivity contribution in [2.24, 2.45) is 11.7 Å². The van der Waals surface area contributed by atoms with Crippen LogP contribution in [0.15, 0.2) is 53.5 Å². The number of halogens is 2. The average Bonchev–Trinajstić information content (AvgIpc) is 3.30. The van der Waals surface area contributed by atoms with Gasteiger partial charge in [0.1, 0.15) is 17.6 Å². The van der Waals surface area contributed by atoms with Crippen molar-refractivity contribution in [1.82, 2.24) is 19.9 Å². The van der Waals surface area contributed by atoms with E-state index in [2.05, 4.69) is 25.3 Å². The van der Waals surface area contributed by atoms with Gasteiger partial charge in [-0.05, 0) is 37.1 Å². The van der Waals surface area contributed by atoms with Crippen LogP contribution in [-0.4, -0.2) is 45.6 Å². The van der Waals surface area contributed by atoms with Crippen molar-refractivity contribution in [3.05, 3.63) is 70.4 Å². The highest BCUT2D eigenvalue weighted by Gasteiger charge is 2.37. The number of hydrogen-bond donors (Lipinski definition) is 4. The lowest BCUT2D eigenvalue weighted by molar-refractivity contribution is -0.118. The highest BCUT2D eigenvalue weighted by molar-refractivity contribution is 5.96. The summed E-state index contributed by atoms with van der Waals surface area (Å²) in [5.41, 5.74) is 4.71. The first-order valence-corrected chi connectivity index (χ1v) is 12.1. The van der Waals surface area contributed by atoms with E-state index in [-0.39, 0.29) is 42.0 Å². The summed E-state index contributed by atoms with van der Waals surface area (Å²) in [6, 6.07) is 6.30. The molecular formula is C26H30F2N6O5. The van der Waals surface area contributed by atoms with Crippen LogP contribution in [0.5, 0.6) is 0 Å². The van der Waals surface area contributed by atoms with Crippen molar-refractivity contribution in [3.8, 4) is 0 Å². The Kier molecular flexibility index (Phi) is 9.17. The van der Waals surface area contributed by atoms with Gasteiger partial charge in [0.25, 0.3) is 11.5 Å². The Morgan fingerprint density at radius 3 is 2.64 bits per heavy atom. The number of ether oxygens (including phenoxy) is 1. The molecule has 3 amide bonds. The third-order valence-electron chi connectivity index (χ3n) is 5.94. The number of alkyl halides is 2. The molecule has 11 nitrogen and oxygen atoms in total. The van der Waals surface area contributed by atoms with Crippen LogP contribution in [-0.2, 0) is 26.8 Å². The van der Waals surface area contributed by atoms with Crippen LogP contribution in [0.3, 0.4) is 0 Å². The number of hydrogen-bond acceptors (Lipinski definition) is 6. The van der Waals surface area contributed by atoms with Crippen molar-refractivity contribution in [2.45, 2.75) is 45.2 Å². The molecule has 3 rings (SSSR count). The number of methoxy groups -OCH3 is 1. The number of nitrogens with zero attached hydrogens (tertiary/aromatic N) is 2. The first-order valence-electron chi connectivity index (χ1n) is 12.1. The number of aromatic amines is 1. The van der Waals surface area contributed by atoms with Crippen molar-refractivity contribution >= 4 is 34.6 Å². The van der Waals surface area contributed by atoms with E-state index in [1.165, 1.54) is 55.0 Å². The van der Waals surface area contributed by atoms with Crippen LogP contribution in [0, 0.1) is 5.92 Å². The summed E-state index contributed by atoms with van der Waals surface area (Å²) >= 11 is 0. The van der Waals surface area contributed by atoms with Crippen LogP contribution < -0.4 is 21.9 Å². The number of amides is 3. The fourth-order valence-electron chi connectivity index (χ4n) is 3.81. The highest BCUT2D eigenvalue weighted by atomic mass is 19.3. The number of imidazole rings is 1. The van der Waals surface area contributed by atoms with Gasteiger partial charge in [-0.15, -0.1) is 0 Å². The van der Waals surface area contributed by atoms with Crippen LogP contribution >= 0.6 is 0 Å². The summed E-state index contributed by atoms with van der Waals surface area (Å²) in [5, 5.41) is 4.88. The molecule has 0 aliphatic heterocycles. The Labute approximate surface area is 222 Å². The standard InChI is InChI=1S/C26H30F2N6O5/c1-15(2)26(27,28)16-8-6-10-17-22(16)33-21(30-17)14-34-13-7-11-19(24(34)37)31-23(36)18(32-25(38)39-3)9-4-5-12-20(29)35/h5-8,10-13,15,18H,4,9,14H2,1-3H3,(H2,29,35)(H,30,33)(H,31,36)(H,32,38). The predicted molar refractivity (Wildman–Crippen MR) is 140 cm³/mol. The Hall–Kier alpha value is -4.55. The van der Waals surface area contributed by atoms with Crippen LogP contribution in [0.4, 0.5) is 19.3 Å². The Morgan fingerprint density at radius 2 is 1.97 bits per heavy atom. The van der Waals surface area contributed by atoms with Crippen LogP contribution in [0.2, 0.25) is 0 Å². The molecular weight excluding hydrogens is 514 g/mol. The highest BCUT2D eigenvalue weighted by Crippen LogP contribution is 2.38. The zero-order chi connectivity index (χ0) is 28.7. The maximum absolute atomic E-state index is 14.8. The van der Waals surface area contributed by atoms with Gasteiger partial charge in [0.2, 0.25) is 11.8 Å². The number of pyridine rings is 1. The van der Waals surface area contributed by atoms with Gasteiger partial charge in [-0.25, -0.2) is 18.6 Å². The van der Waals surface area contributed by atoms with Gasteiger partial charge in [0.05, 0.1) is 24.7 Å². The minimum Gasteiger partial charge on any atom is -0.453 e. The topological polar surface area (TPSA) is 161 Å². The fourth-order valence-corrected chi connectivity index (χ4v) is 3.81. The number of nitrogens with two attached hydrogens (primary N) is 1. The lowest BCUT2D eigenvalue weighted by atomic mass is 9.97. The lowest BCUT2D eigenvalue weighted by Crippen LogP contribution is -2.44. The molecule has 0 aliphatic rings. The molecule has 0 spiro atoms. The van der Waals surface area contributed by atoms with E-state index in [4.69, 9.17) is 5.73 Å². The van der Waals surface area contributed by atoms with Gasteiger partial charge in [-0.2, -0.15) is 0 Å². The summed E-state index contributed by atoms with van der Waals surface area (Å²) in [6.45, 7) is 2.77. The molecule has 1 aromatic carbocycles. The lowest BCUT2D eigenvalue weighted by Gasteiger charge is -2.20. The second-order valence-corrected chi connectivity index (χ2v) is 9.08. The molecule has 0 bridgehead atoms. The molecule has 2 heterocycles. The molecule has 39 heavy (non-hydrogen) atoms. The molecule has 0 fully saturated rings. The number of alkyl carbamates (subject to hydrolysis) is 1. The summed E-state index contributed by atoms with van der Waals surface area (Å²) in [5.74, 6) is -5.11. The molecule has 0 saturated heterocycles. The SMILES string of the molecule is COC(=O)NC(CCC=CC(N)=O)C(=O)Nc1cccn(Cc2nc3c(C(F)(F)C(C)C)cccc3[nH]2)c1=O. The quantitative estimate of drug-likeness (QED) is 0.271. The van der Waals surface area contributed by atoms with Gasteiger partial charge in [-0.3, -0.25) is 14.4 Å². The monoisotopic (exact) mass is 544 g/mol. The first kappa shape index (κ1) is 29.0. The third-order valence-corrected chi connectivity index (χ3v) is 5.94. The molecule has 0 aliphatic carbocycles. The van der Waals surface area contributed by atoms with Gasteiger partial charge in [0.15, 0.2) is 0 Å². The van der Waals surface area contributed by atoms with E-state index in [0.717, 1.165) is 13.2 Å². The van der Waals surface area contributed by atoms with E-state index in [1.54, 1.807) is 6.07 Å². The minimum absolute atomic E-state index is 0.0741. The number of primary amides is 1. The maximum atomic E-state index is 14.8. The zero-order valence-electron chi connectivity index (χ0n) is 21.7. The average molecular weight is 545 g/mol. The number of benzene rings is 1. The molecule has 13 heteroatoms. The normalized spacial score (nSPS) is 12.6. The molecule has 3 aromatic rings. The maximum Gasteiger partial charge on any atom is 0.407 e. The van der Waals surface area contributed by atoms with Crippen LogP contribution in [0.25, 0.3) is 11.0 Å². The smallest absolute Gasteiger partial charge is 0.407 e. The second kappa shape index (κ2) is 12.3. The Balaban J connectivity index is 1.82. The van der Waals surface area contributed by atoms with Crippen LogP contribution in [0.1, 0.15) is 38.1 Å². The van der Waals surface area contributed by atoms with Gasteiger partial charge >= 0.3 is 6.09 Å². The number of para-hydroxylation sites is 1. The Bertz CT molecular complexity index is 1450. The summed E-state index contributed by atoms with van der Waals surface area (Å²) in [7, 11) is 1.14. The van der Waals surface area contributed by atoms with Gasteiger partial charge < -0.3 is 30.7 Å². The number of aromatic nitrogens is 3. The molecule has 1 unspecified atom stereocenters. The number of fused-ring (bicyclic) bond motifs is 1. The third kappa shape index (κ3) is 7.06. The van der Waals surface area contributed by atoms with Crippen molar-refractivity contribution in [3.63, 3.8) is 0 Å². The number of carbonyl (C=O) groups excluding carboxylic acids is 3. The predicted octanol–water partition coefficient (Wildman–Crippen LogP) is 3.01. The molecule has 2 aromatic heterocycles. The van der Waals surface area contributed by atoms with E-state index in [0.29, 0.717) is 5.52 Å². The van der Waals surface area contributed by atoms with E-state index in [1.807, 2.05) is 0 Å². The van der Waals surface area contributed by atoms with Gasteiger partial charge in [0, 0.05) is 17.7 Å². The van der Waals surface area contributed by atoms with Crippen molar-refractivity contribution < 1.29 is 27.9 Å². The number of nitrogens with one attached hydrogen (secondary N) is 3. The first-order chi connectivity index (χ1) is 18.4. The zero-order valence-corrected chi connectivity index (χ0v) is 21.7. The van der Waals surface area contributed by atoms with E-state index in [9.17, 15) is 28.0 Å². The molecule has 5 N–H and O–H groups in total. The summed E-state index contributed by atoms with van der Waals surface area (Å²) in [4.78, 5) is 55.9.